The van der Waals surface area contributed by atoms with Crippen molar-refractivity contribution in [2.75, 3.05) is 18.5 Å². The maximum Gasteiger partial charge on any atom is 0.0642 e. The molecule has 0 aliphatic carbocycles. The number of benzene rings is 1. The maximum absolute atomic E-state index is 6.22. The normalized spacial score (nSPS) is 12.3. The number of nitrogens with zero attached hydrogens (tertiary/aromatic N) is 1. The van der Waals surface area contributed by atoms with E-state index in [0.717, 1.165) is 28.4 Å². The van der Waals surface area contributed by atoms with Gasteiger partial charge in [0.05, 0.1) is 10.7 Å². The molecule has 0 bridgehead atoms. The van der Waals surface area contributed by atoms with Gasteiger partial charge in [0.2, 0.25) is 0 Å². The summed E-state index contributed by atoms with van der Waals surface area (Å²) in [5.74, 6) is 0. The molecule has 0 aliphatic heterocycles. The molecule has 0 spiro atoms. The Labute approximate surface area is 103 Å². The van der Waals surface area contributed by atoms with Gasteiger partial charge in [0.1, 0.15) is 0 Å². The van der Waals surface area contributed by atoms with Crippen LogP contribution in [0.5, 0.6) is 0 Å². The van der Waals surface area contributed by atoms with Gasteiger partial charge in [-0.2, -0.15) is 0 Å². The molecule has 1 atom stereocenters. The van der Waals surface area contributed by atoms with E-state index < -0.39 is 0 Å². The van der Waals surface area contributed by atoms with Crippen LogP contribution in [0.3, 0.4) is 0 Å². The molecule has 1 aromatic carbocycles. The lowest BCUT2D eigenvalue weighted by molar-refractivity contribution is 0.817. The second kappa shape index (κ2) is 5.37. The highest BCUT2D eigenvalue weighted by atomic mass is 35.5. The van der Waals surface area contributed by atoms with Gasteiger partial charge in [0.15, 0.2) is 0 Å². The van der Waals surface area contributed by atoms with Crippen LogP contribution in [0.25, 0.3) is 0 Å². The molecule has 1 aromatic rings. The molecule has 0 saturated heterocycles. The lowest BCUT2D eigenvalue weighted by atomic mass is 10.1. The summed E-state index contributed by atoms with van der Waals surface area (Å²) in [5, 5.41) is 0.735. The first-order valence-electron chi connectivity index (χ1n) is 5.32. The predicted octanol–water partition coefficient (Wildman–Crippen LogP) is 3.37. The highest BCUT2D eigenvalue weighted by Gasteiger charge is 2.08. The molecule has 0 heterocycles. The van der Waals surface area contributed by atoms with Crippen LogP contribution in [0.4, 0.5) is 5.69 Å². The summed E-state index contributed by atoms with van der Waals surface area (Å²) < 4.78 is 0. The predicted molar refractivity (Wildman–Crippen MR) is 72.1 cm³/mol. The van der Waals surface area contributed by atoms with Crippen LogP contribution in [-0.4, -0.2) is 13.6 Å². The number of nitrogens with two attached hydrogens (primary N) is 1. The Balaban J connectivity index is 2.94. The Morgan fingerprint density at radius 3 is 2.62 bits per heavy atom. The molecule has 2 N–H and O–H groups in total. The van der Waals surface area contributed by atoms with Gasteiger partial charge in [-0.3, -0.25) is 0 Å². The van der Waals surface area contributed by atoms with E-state index in [2.05, 4.69) is 11.5 Å². The SMILES string of the molecule is C=C(C)CN(C)c1ccc(C(C)N)cc1Cl. The largest absolute Gasteiger partial charge is 0.369 e. The first-order valence-corrected chi connectivity index (χ1v) is 5.70. The minimum absolute atomic E-state index is 0.0120. The number of hydrogen-bond acceptors (Lipinski definition) is 2. The smallest absolute Gasteiger partial charge is 0.0642 e. The second-order valence-corrected chi connectivity index (χ2v) is 4.72. The highest BCUT2D eigenvalue weighted by Crippen LogP contribution is 2.28. The van der Waals surface area contributed by atoms with Crippen molar-refractivity contribution < 1.29 is 0 Å². The highest BCUT2D eigenvalue weighted by molar-refractivity contribution is 6.33. The van der Waals surface area contributed by atoms with Crippen molar-refractivity contribution in [3.8, 4) is 0 Å². The van der Waals surface area contributed by atoms with Crippen molar-refractivity contribution in [2.24, 2.45) is 5.73 Å². The second-order valence-electron chi connectivity index (χ2n) is 4.31. The number of rotatable bonds is 4. The van der Waals surface area contributed by atoms with E-state index in [-0.39, 0.29) is 6.04 Å². The summed E-state index contributed by atoms with van der Waals surface area (Å²) in [6.07, 6.45) is 0. The minimum atomic E-state index is 0.0120. The van der Waals surface area contributed by atoms with E-state index in [4.69, 9.17) is 17.3 Å². The molecule has 1 unspecified atom stereocenters. The maximum atomic E-state index is 6.22. The third-order valence-electron chi connectivity index (χ3n) is 2.42. The van der Waals surface area contributed by atoms with E-state index in [0.29, 0.717) is 0 Å². The van der Waals surface area contributed by atoms with Gasteiger partial charge >= 0.3 is 0 Å². The lowest BCUT2D eigenvalue weighted by Crippen LogP contribution is -2.19. The first kappa shape index (κ1) is 13.1. The molecular formula is C13H19ClN2. The lowest BCUT2D eigenvalue weighted by Gasteiger charge is -2.21. The molecule has 2 nitrogen and oxygen atoms in total. The van der Waals surface area contributed by atoms with Crippen LogP contribution >= 0.6 is 11.6 Å². The fraction of sp³-hybridized carbons (Fsp3) is 0.385. The van der Waals surface area contributed by atoms with Crippen molar-refractivity contribution in [3.63, 3.8) is 0 Å². The van der Waals surface area contributed by atoms with Gasteiger partial charge in [-0.05, 0) is 31.5 Å². The zero-order chi connectivity index (χ0) is 12.3. The van der Waals surface area contributed by atoms with Gasteiger partial charge in [-0.1, -0.05) is 29.8 Å². The Morgan fingerprint density at radius 1 is 1.56 bits per heavy atom. The molecule has 0 aromatic heterocycles. The molecule has 16 heavy (non-hydrogen) atoms. The fourth-order valence-electron chi connectivity index (χ4n) is 1.61. The number of hydrogen-bond donors (Lipinski definition) is 1. The molecule has 0 radical (unpaired) electrons. The summed E-state index contributed by atoms with van der Waals surface area (Å²) >= 11 is 6.22. The fourth-order valence-corrected chi connectivity index (χ4v) is 1.94. The van der Waals surface area contributed by atoms with Crippen LogP contribution in [-0.2, 0) is 0 Å². The van der Waals surface area contributed by atoms with Crippen molar-refractivity contribution in [1.29, 1.82) is 0 Å². The summed E-state index contributed by atoms with van der Waals surface area (Å²) in [6, 6.07) is 5.96. The van der Waals surface area contributed by atoms with Gasteiger partial charge < -0.3 is 10.6 Å². The third kappa shape index (κ3) is 3.26. The molecular weight excluding hydrogens is 220 g/mol. The van der Waals surface area contributed by atoms with Crippen molar-refractivity contribution in [1.82, 2.24) is 0 Å². The molecule has 0 aliphatic rings. The van der Waals surface area contributed by atoms with E-state index in [1.54, 1.807) is 0 Å². The molecule has 0 saturated carbocycles. The standard InChI is InChI=1S/C13H19ClN2/c1-9(2)8-16(4)13-6-5-11(10(3)15)7-12(13)14/h5-7,10H,1,8,15H2,2-4H3. The van der Waals surface area contributed by atoms with Gasteiger partial charge in [0, 0.05) is 19.6 Å². The van der Waals surface area contributed by atoms with Gasteiger partial charge in [0.25, 0.3) is 0 Å². The topological polar surface area (TPSA) is 29.3 Å². The number of likely N-dealkylation sites (N-methyl/N-ethyl adjacent to an activating group) is 1. The third-order valence-corrected chi connectivity index (χ3v) is 2.72. The van der Waals surface area contributed by atoms with Gasteiger partial charge in [-0.25, -0.2) is 0 Å². The summed E-state index contributed by atoms with van der Waals surface area (Å²) in [5.41, 5.74) is 8.97. The molecule has 0 amide bonds. The Kier molecular flexibility index (Phi) is 4.39. The van der Waals surface area contributed by atoms with Crippen molar-refractivity contribution in [3.05, 3.63) is 40.9 Å². The number of halogens is 1. The molecule has 0 fully saturated rings. The van der Waals surface area contributed by atoms with E-state index in [9.17, 15) is 0 Å². The van der Waals surface area contributed by atoms with E-state index >= 15 is 0 Å². The quantitative estimate of drug-likeness (QED) is 0.815. The molecule has 88 valence electrons. The van der Waals surface area contributed by atoms with E-state index in [1.165, 1.54) is 0 Å². The zero-order valence-electron chi connectivity index (χ0n) is 10.1. The van der Waals surface area contributed by atoms with Crippen LogP contribution in [0.15, 0.2) is 30.4 Å². The van der Waals surface area contributed by atoms with E-state index in [1.807, 2.05) is 39.1 Å². The Bertz CT molecular complexity index is 386. The number of anilines is 1. The summed E-state index contributed by atoms with van der Waals surface area (Å²) in [7, 11) is 2.00. The Morgan fingerprint density at radius 2 is 2.19 bits per heavy atom. The summed E-state index contributed by atoms with van der Waals surface area (Å²) in [4.78, 5) is 2.08. The molecule has 3 heteroatoms. The average molecular weight is 239 g/mol. The summed E-state index contributed by atoms with van der Waals surface area (Å²) in [6.45, 7) is 8.64. The van der Waals surface area contributed by atoms with Crippen LogP contribution in [0.2, 0.25) is 5.02 Å². The first-order chi connectivity index (χ1) is 7.41. The monoisotopic (exact) mass is 238 g/mol. The zero-order valence-corrected chi connectivity index (χ0v) is 10.9. The van der Waals surface area contributed by atoms with Gasteiger partial charge in [-0.15, -0.1) is 0 Å². The van der Waals surface area contributed by atoms with Crippen LogP contribution in [0.1, 0.15) is 25.5 Å². The Hall–Kier alpha value is -0.990. The minimum Gasteiger partial charge on any atom is -0.369 e. The van der Waals surface area contributed by atoms with Crippen molar-refractivity contribution in [2.45, 2.75) is 19.9 Å². The average Bonchev–Trinajstić information content (AvgIpc) is 2.15. The van der Waals surface area contributed by atoms with Crippen molar-refractivity contribution >= 4 is 17.3 Å². The van der Waals surface area contributed by atoms with Crippen LogP contribution in [0, 0.1) is 0 Å². The van der Waals surface area contributed by atoms with Crippen LogP contribution < -0.4 is 10.6 Å². The molecule has 1 rings (SSSR count).